The molecule has 0 radical (unpaired) electrons. The molecule has 29 heavy (non-hydrogen) atoms. The van der Waals surface area contributed by atoms with Gasteiger partial charge < -0.3 is 14.5 Å². The van der Waals surface area contributed by atoms with E-state index >= 15 is 0 Å². The van der Waals surface area contributed by atoms with Crippen LogP contribution in [-0.4, -0.2) is 68.4 Å². The molecule has 6 heteroatoms. The minimum atomic E-state index is 0.0821. The summed E-state index contributed by atoms with van der Waals surface area (Å²) in [4.78, 5) is 30.3. The molecule has 0 unspecified atom stereocenters. The van der Waals surface area contributed by atoms with Gasteiger partial charge in [0, 0.05) is 51.0 Å². The second-order valence-electron chi connectivity index (χ2n) is 7.46. The van der Waals surface area contributed by atoms with Crippen LogP contribution >= 0.6 is 0 Å². The van der Waals surface area contributed by atoms with Crippen LogP contribution in [0.25, 0.3) is 0 Å². The van der Waals surface area contributed by atoms with Gasteiger partial charge in [-0.25, -0.2) is 0 Å². The quantitative estimate of drug-likeness (QED) is 0.675. The van der Waals surface area contributed by atoms with Crippen LogP contribution < -0.4 is 9.64 Å². The van der Waals surface area contributed by atoms with Crippen LogP contribution in [0.5, 0.6) is 5.75 Å². The van der Waals surface area contributed by atoms with E-state index in [2.05, 4.69) is 9.80 Å². The Kier molecular flexibility index (Phi) is 6.88. The number of piperazine rings is 1. The highest BCUT2D eigenvalue weighted by Crippen LogP contribution is 2.18. The molecular weight excluding hydrogens is 366 g/mol. The number of hydrogen-bond donors (Lipinski definition) is 0. The van der Waals surface area contributed by atoms with E-state index in [-0.39, 0.29) is 11.7 Å². The van der Waals surface area contributed by atoms with E-state index in [4.69, 9.17) is 4.74 Å². The predicted octanol–water partition coefficient (Wildman–Crippen LogP) is 2.68. The molecule has 0 spiro atoms. The van der Waals surface area contributed by atoms with Gasteiger partial charge in [-0.3, -0.25) is 14.5 Å². The SMILES string of the molecule is COc1ccc(CN(C)C(=O)CN2CCN(c3ccc(C(C)=O)cc3)CC2)cc1. The minimum absolute atomic E-state index is 0.0821. The largest absolute Gasteiger partial charge is 0.497 e. The number of ether oxygens (including phenoxy) is 1. The zero-order valence-electron chi connectivity index (χ0n) is 17.4. The van der Waals surface area contributed by atoms with E-state index < -0.39 is 0 Å². The average molecular weight is 396 g/mol. The molecule has 0 bridgehead atoms. The molecule has 2 aromatic carbocycles. The van der Waals surface area contributed by atoms with Crippen molar-refractivity contribution in [2.75, 3.05) is 51.8 Å². The molecule has 1 aliphatic rings. The summed E-state index contributed by atoms with van der Waals surface area (Å²) in [6.45, 7) is 6.03. The van der Waals surface area contributed by atoms with Crippen molar-refractivity contribution in [3.63, 3.8) is 0 Å². The summed E-state index contributed by atoms with van der Waals surface area (Å²) in [6, 6.07) is 15.5. The lowest BCUT2D eigenvalue weighted by molar-refractivity contribution is -0.131. The second kappa shape index (κ2) is 9.56. The molecule has 1 saturated heterocycles. The van der Waals surface area contributed by atoms with Gasteiger partial charge in [-0.05, 0) is 48.9 Å². The van der Waals surface area contributed by atoms with E-state index in [1.165, 1.54) is 0 Å². The number of likely N-dealkylation sites (N-methyl/N-ethyl adjacent to an activating group) is 1. The molecule has 2 aromatic rings. The third-order valence-corrected chi connectivity index (χ3v) is 5.37. The Morgan fingerprint density at radius 2 is 1.59 bits per heavy atom. The lowest BCUT2D eigenvalue weighted by atomic mass is 10.1. The highest BCUT2D eigenvalue weighted by atomic mass is 16.5. The van der Waals surface area contributed by atoms with Gasteiger partial charge in [-0.1, -0.05) is 12.1 Å². The summed E-state index contributed by atoms with van der Waals surface area (Å²) in [5.41, 5.74) is 2.94. The van der Waals surface area contributed by atoms with Crippen molar-refractivity contribution in [1.29, 1.82) is 0 Å². The van der Waals surface area contributed by atoms with Crippen molar-refractivity contribution in [1.82, 2.24) is 9.80 Å². The van der Waals surface area contributed by atoms with Crippen molar-refractivity contribution >= 4 is 17.4 Å². The lowest BCUT2D eigenvalue weighted by Crippen LogP contribution is -2.49. The Balaban J connectivity index is 1.46. The van der Waals surface area contributed by atoms with Crippen molar-refractivity contribution in [3.05, 3.63) is 59.7 Å². The third kappa shape index (κ3) is 5.57. The maximum Gasteiger partial charge on any atom is 0.236 e. The number of Topliss-reactive ketones (excluding diaryl/α,β-unsaturated/α-hetero) is 1. The number of anilines is 1. The van der Waals surface area contributed by atoms with Crippen molar-refractivity contribution in [2.45, 2.75) is 13.5 Å². The monoisotopic (exact) mass is 395 g/mol. The minimum Gasteiger partial charge on any atom is -0.497 e. The highest BCUT2D eigenvalue weighted by molar-refractivity contribution is 5.94. The maximum absolute atomic E-state index is 12.6. The van der Waals surface area contributed by atoms with E-state index in [0.29, 0.717) is 13.1 Å². The summed E-state index contributed by atoms with van der Waals surface area (Å²) < 4.78 is 5.17. The van der Waals surface area contributed by atoms with Crippen molar-refractivity contribution in [2.24, 2.45) is 0 Å². The van der Waals surface area contributed by atoms with E-state index in [0.717, 1.165) is 48.7 Å². The number of methoxy groups -OCH3 is 1. The molecule has 1 aliphatic heterocycles. The van der Waals surface area contributed by atoms with Gasteiger partial charge in [0.2, 0.25) is 5.91 Å². The van der Waals surface area contributed by atoms with Gasteiger partial charge in [0.15, 0.2) is 5.78 Å². The fourth-order valence-corrected chi connectivity index (χ4v) is 3.48. The van der Waals surface area contributed by atoms with E-state index in [1.807, 2.05) is 55.6 Å². The number of carbonyl (C=O) groups is 2. The van der Waals surface area contributed by atoms with Crippen LogP contribution in [0.1, 0.15) is 22.8 Å². The molecule has 0 atom stereocenters. The number of carbonyl (C=O) groups excluding carboxylic acids is 2. The summed E-state index contributed by atoms with van der Waals surface area (Å²) in [6.07, 6.45) is 0. The molecule has 0 aromatic heterocycles. The molecular formula is C23H29N3O3. The number of ketones is 1. The molecule has 0 saturated carbocycles. The fraction of sp³-hybridized carbons (Fsp3) is 0.391. The first kappa shape index (κ1) is 20.9. The van der Waals surface area contributed by atoms with Crippen molar-refractivity contribution < 1.29 is 14.3 Å². The Labute approximate surface area is 172 Å². The number of rotatable bonds is 7. The van der Waals surface area contributed by atoms with Gasteiger partial charge in [-0.2, -0.15) is 0 Å². The van der Waals surface area contributed by atoms with E-state index in [9.17, 15) is 9.59 Å². The molecule has 0 aliphatic carbocycles. The van der Waals surface area contributed by atoms with Crippen LogP contribution in [-0.2, 0) is 11.3 Å². The van der Waals surface area contributed by atoms with Gasteiger partial charge in [0.05, 0.1) is 13.7 Å². The number of nitrogens with zero attached hydrogens (tertiary/aromatic N) is 3. The van der Waals surface area contributed by atoms with Gasteiger partial charge in [0.1, 0.15) is 5.75 Å². The normalized spacial score (nSPS) is 14.5. The summed E-state index contributed by atoms with van der Waals surface area (Å²) in [5.74, 6) is 1.02. The Hall–Kier alpha value is -2.86. The molecule has 3 rings (SSSR count). The molecule has 6 nitrogen and oxygen atoms in total. The summed E-state index contributed by atoms with van der Waals surface area (Å²) >= 11 is 0. The molecule has 1 heterocycles. The summed E-state index contributed by atoms with van der Waals surface area (Å²) in [5, 5.41) is 0. The summed E-state index contributed by atoms with van der Waals surface area (Å²) in [7, 11) is 3.49. The highest BCUT2D eigenvalue weighted by Gasteiger charge is 2.21. The number of amides is 1. The van der Waals surface area contributed by atoms with Gasteiger partial charge >= 0.3 is 0 Å². The Morgan fingerprint density at radius 3 is 2.14 bits per heavy atom. The van der Waals surface area contributed by atoms with Crippen LogP contribution in [0.3, 0.4) is 0 Å². The molecule has 1 amide bonds. The van der Waals surface area contributed by atoms with Crippen LogP contribution in [0.2, 0.25) is 0 Å². The molecule has 1 fully saturated rings. The smallest absolute Gasteiger partial charge is 0.236 e. The molecule has 154 valence electrons. The van der Waals surface area contributed by atoms with Gasteiger partial charge in [0.25, 0.3) is 0 Å². The maximum atomic E-state index is 12.6. The van der Waals surface area contributed by atoms with Crippen molar-refractivity contribution in [3.8, 4) is 5.75 Å². The van der Waals surface area contributed by atoms with Gasteiger partial charge in [-0.15, -0.1) is 0 Å². The van der Waals surface area contributed by atoms with Crippen LogP contribution in [0, 0.1) is 0 Å². The Bertz CT molecular complexity index is 825. The first-order chi connectivity index (χ1) is 14.0. The number of benzene rings is 2. The average Bonchev–Trinajstić information content (AvgIpc) is 2.75. The lowest BCUT2D eigenvalue weighted by Gasteiger charge is -2.36. The Morgan fingerprint density at radius 1 is 0.966 bits per heavy atom. The van der Waals surface area contributed by atoms with Crippen LogP contribution in [0.4, 0.5) is 5.69 Å². The third-order valence-electron chi connectivity index (χ3n) is 5.37. The first-order valence-corrected chi connectivity index (χ1v) is 9.91. The second-order valence-corrected chi connectivity index (χ2v) is 7.46. The zero-order chi connectivity index (χ0) is 20.8. The van der Waals surface area contributed by atoms with Crippen LogP contribution in [0.15, 0.2) is 48.5 Å². The fourth-order valence-electron chi connectivity index (χ4n) is 3.48. The number of hydrogen-bond acceptors (Lipinski definition) is 5. The predicted molar refractivity (Wildman–Crippen MR) is 115 cm³/mol. The topological polar surface area (TPSA) is 53.1 Å². The zero-order valence-corrected chi connectivity index (χ0v) is 17.4. The van der Waals surface area contributed by atoms with E-state index in [1.54, 1.807) is 18.9 Å². The standard InChI is InChI=1S/C23H29N3O3/c1-18(27)20-6-8-21(9-7-20)26-14-12-25(13-15-26)17-23(28)24(2)16-19-4-10-22(29-3)11-5-19/h4-11H,12-17H2,1-3H3. The first-order valence-electron chi connectivity index (χ1n) is 9.91. The molecule has 0 N–H and O–H groups in total.